The number of benzene rings is 3. The molecule has 0 fully saturated rings. The third-order valence-corrected chi connectivity index (χ3v) is 5.30. The first kappa shape index (κ1) is 25.8. The van der Waals surface area contributed by atoms with E-state index in [1.165, 1.54) is 30.3 Å². The van der Waals surface area contributed by atoms with Crippen molar-refractivity contribution < 1.29 is 23.5 Å². The van der Waals surface area contributed by atoms with Gasteiger partial charge in [-0.15, -0.1) is 0 Å². The normalized spacial score (nSPS) is 10.9. The van der Waals surface area contributed by atoms with Crippen molar-refractivity contribution in [3.8, 4) is 5.75 Å². The Labute approximate surface area is 205 Å². The zero-order chi connectivity index (χ0) is 25.0. The van der Waals surface area contributed by atoms with Crippen LogP contribution in [0.1, 0.15) is 53.2 Å². The first-order chi connectivity index (χ1) is 16.9. The van der Waals surface area contributed by atoms with Gasteiger partial charge in [0, 0.05) is 18.6 Å². The summed E-state index contributed by atoms with van der Waals surface area (Å²) in [5.41, 5.74) is 4.46. The van der Waals surface area contributed by atoms with Crippen molar-refractivity contribution in [2.75, 3.05) is 6.61 Å². The fourth-order valence-electron chi connectivity index (χ4n) is 3.26. The first-order valence-electron chi connectivity index (χ1n) is 11.5. The predicted octanol–water partition coefficient (Wildman–Crippen LogP) is 7.05. The summed E-state index contributed by atoms with van der Waals surface area (Å²) in [7, 11) is 0. The standard InChI is InChI=1S/C30H29FO4/c1-22(2)25-11-6-24(7-12-25)21-34-20-4-3-5-30(33)35-28-17-8-23(9-18-28)10-19-29(32)26-13-15-27(31)16-14-26/h6-19H,1,3-5,20-21H2,2H3. The number of rotatable bonds is 12. The maximum absolute atomic E-state index is 13.0. The summed E-state index contributed by atoms with van der Waals surface area (Å²) in [4.78, 5) is 24.2. The van der Waals surface area contributed by atoms with Gasteiger partial charge in [0.15, 0.2) is 5.78 Å². The van der Waals surface area contributed by atoms with Gasteiger partial charge in [0.25, 0.3) is 0 Å². The number of allylic oxidation sites excluding steroid dienone is 2. The van der Waals surface area contributed by atoms with Gasteiger partial charge in [-0.3, -0.25) is 9.59 Å². The zero-order valence-electron chi connectivity index (χ0n) is 19.8. The molecule has 3 aromatic carbocycles. The summed E-state index contributed by atoms with van der Waals surface area (Å²) in [6.07, 6.45) is 4.84. The molecule has 0 unspecified atom stereocenters. The average Bonchev–Trinajstić information content (AvgIpc) is 2.86. The van der Waals surface area contributed by atoms with Crippen LogP contribution in [0.2, 0.25) is 0 Å². The van der Waals surface area contributed by atoms with Gasteiger partial charge < -0.3 is 9.47 Å². The molecular formula is C30H29FO4. The summed E-state index contributed by atoms with van der Waals surface area (Å²) < 4.78 is 24.0. The molecule has 35 heavy (non-hydrogen) atoms. The SMILES string of the molecule is C=C(C)c1ccc(COCCCCC(=O)Oc2ccc(C=CC(=O)c3ccc(F)cc3)cc2)cc1. The second-order valence-electron chi connectivity index (χ2n) is 8.23. The minimum atomic E-state index is -0.384. The molecule has 0 saturated heterocycles. The van der Waals surface area contributed by atoms with Crippen LogP contribution in [0, 0.1) is 5.82 Å². The van der Waals surface area contributed by atoms with E-state index in [-0.39, 0.29) is 17.6 Å². The summed E-state index contributed by atoms with van der Waals surface area (Å²) in [5, 5.41) is 0. The Bertz CT molecular complexity index is 1160. The number of carbonyl (C=O) groups is 2. The Kier molecular flexibility index (Phi) is 9.69. The molecule has 5 heteroatoms. The van der Waals surface area contributed by atoms with Crippen molar-refractivity contribution in [1.29, 1.82) is 0 Å². The van der Waals surface area contributed by atoms with E-state index >= 15 is 0 Å². The maximum Gasteiger partial charge on any atom is 0.311 e. The zero-order valence-corrected chi connectivity index (χ0v) is 19.8. The van der Waals surface area contributed by atoms with Gasteiger partial charge in [0.05, 0.1) is 6.61 Å². The van der Waals surface area contributed by atoms with Gasteiger partial charge in [0.2, 0.25) is 0 Å². The Hall–Kier alpha value is -3.83. The van der Waals surface area contributed by atoms with Gasteiger partial charge in [-0.05, 0) is 78.9 Å². The van der Waals surface area contributed by atoms with Crippen molar-refractivity contribution in [3.05, 3.63) is 114 Å². The van der Waals surface area contributed by atoms with E-state index < -0.39 is 0 Å². The average molecular weight is 473 g/mol. The molecule has 0 heterocycles. The lowest BCUT2D eigenvalue weighted by Crippen LogP contribution is -2.08. The summed E-state index contributed by atoms with van der Waals surface area (Å²) in [6, 6.07) is 20.4. The molecule has 0 saturated carbocycles. The van der Waals surface area contributed by atoms with E-state index in [1.807, 2.05) is 31.2 Å². The van der Waals surface area contributed by atoms with Crippen LogP contribution in [-0.4, -0.2) is 18.4 Å². The van der Waals surface area contributed by atoms with Crippen LogP contribution >= 0.6 is 0 Å². The number of hydrogen-bond donors (Lipinski definition) is 0. The molecular weight excluding hydrogens is 443 g/mol. The van der Waals surface area contributed by atoms with Crippen LogP contribution in [0.25, 0.3) is 11.6 Å². The number of ether oxygens (including phenoxy) is 2. The molecule has 0 amide bonds. The largest absolute Gasteiger partial charge is 0.427 e. The number of esters is 1. The Morgan fingerprint density at radius 3 is 2.20 bits per heavy atom. The van der Waals surface area contributed by atoms with Crippen molar-refractivity contribution in [3.63, 3.8) is 0 Å². The number of halogens is 1. The lowest BCUT2D eigenvalue weighted by Gasteiger charge is -2.07. The quantitative estimate of drug-likeness (QED) is 0.0932. The molecule has 0 aliphatic rings. The lowest BCUT2D eigenvalue weighted by atomic mass is 10.1. The molecule has 4 nitrogen and oxygen atoms in total. The molecule has 0 aliphatic carbocycles. The monoisotopic (exact) mass is 472 g/mol. The minimum Gasteiger partial charge on any atom is -0.427 e. The van der Waals surface area contributed by atoms with E-state index in [0.717, 1.165) is 28.7 Å². The van der Waals surface area contributed by atoms with Gasteiger partial charge in [0.1, 0.15) is 11.6 Å². The molecule has 0 atom stereocenters. The molecule has 0 aromatic heterocycles. The van der Waals surface area contributed by atoms with E-state index in [9.17, 15) is 14.0 Å². The highest BCUT2D eigenvalue weighted by Crippen LogP contribution is 2.16. The van der Waals surface area contributed by atoms with E-state index in [1.54, 1.807) is 30.3 Å². The van der Waals surface area contributed by atoms with Crippen LogP contribution in [0.4, 0.5) is 4.39 Å². The van der Waals surface area contributed by atoms with Gasteiger partial charge >= 0.3 is 5.97 Å². The van der Waals surface area contributed by atoms with E-state index in [4.69, 9.17) is 9.47 Å². The van der Waals surface area contributed by atoms with Gasteiger partial charge in [-0.1, -0.05) is 54.6 Å². The van der Waals surface area contributed by atoms with Crippen LogP contribution < -0.4 is 4.74 Å². The van der Waals surface area contributed by atoms with Gasteiger partial charge in [-0.25, -0.2) is 4.39 Å². The highest BCUT2D eigenvalue weighted by molar-refractivity contribution is 6.06. The van der Waals surface area contributed by atoms with Gasteiger partial charge in [-0.2, -0.15) is 0 Å². The Balaban J connectivity index is 1.33. The summed E-state index contributed by atoms with van der Waals surface area (Å²) >= 11 is 0. The molecule has 0 N–H and O–H groups in total. The molecule has 0 bridgehead atoms. The van der Waals surface area contributed by atoms with Crippen molar-refractivity contribution in [2.24, 2.45) is 0 Å². The third kappa shape index (κ3) is 8.80. The second-order valence-corrected chi connectivity index (χ2v) is 8.23. The minimum absolute atomic E-state index is 0.217. The number of ketones is 1. The van der Waals surface area contributed by atoms with E-state index in [2.05, 4.69) is 6.58 Å². The van der Waals surface area contributed by atoms with Crippen LogP contribution in [0.3, 0.4) is 0 Å². The fraction of sp³-hybridized carbons (Fsp3) is 0.200. The number of unbranched alkanes of at least 4 members (excludes halogenated alkanes) is 1. The van der Waals surface area contributed by atoms with Crippen molar-refractivity contribution in [1.82, 2.24) is 0 Å². The summed E-state index contributed by atoms with van der Waals surface area (Å²) in [6.45, 7) is 7.02. The highest BCUT2D eigenvalue weighted by Gasteiger charge is 2.06. The Morgan fingerprint density at radius 2 is 1.54 bits per heavy atom. The second kappa shape index (κ2) is 13.2. The number of hydrogen-bond acceptors (Lipinski definition) is 4. The van der Waals surface area contributed by atoms with Crippen LogP contribution in [0.15, 0.2) is 85.5 Å². The molecule has 3 rings (SSSR count). The van der Waals surface area contributed by atoms with Crippen LogP contribution in [-0.2, 0) is 16.1 Å². The summed E-state index contributed by atoms with van der Waals surface area (Å²) in [5.74, 6) is -0.448. The molecule has 3 aromatic rings. The third-order valence-electron chi connectivity index (χ3n) is 5.30. The molecule has 0 spiro atoms. The topological polar surface area (TPSA) is 52.6 Å². The van der Waals surface area contributed by atoms with Crippen LogP contribution in [0.5, 0.6) is 5.75 Å². The highest BCUT2D eigenvalue weighted by atomic mass is 19.1. The lowest BCUT2D eigenvalue weighted by molar-refractivity contribution is -0.134. The molecule has 0 radical (unpaired) electrons. The Morgan fingerprint density at radius 1 is 0.886 bits per heavy atom. The first-order valence-corrected chi connectivity index (χ1v) is 11.5. The predicted molar refractivity (Wildman–Crippen MR) is 136 cm³/mol. The van der Waals surface area contributed by atoms with Crippen molar-refractivity contribution in [2.45, 2.75) is 32.8 Å². The fourth-order valence-corrected chi connectivity index (χ4v) is 3.26. The number of carbonyl (C=O) groups excluding carboxylic acids is 2. The molecule has 0 aliphatic heterocycles. The smallest absolute Gasteiger partial charge is 0.311 e. The maximum atomic E-state index is 13.0. The van der Waals surface area contributed by atoms with E-state index in [0.29, 0.717) is 37.4 Å². The molecule has 180 valence electrons. The van der Waals surface area contributed by atoms with Crippen molar-refractivity contribution >= 4 is 23.4 Å².